The standard InChI is InChI=1S/C18H24N2O/c1-11-7-12(2)17(16(8-11)21-6)18(19-5)15-9-13(3)20-14(4)10-15/h7-10,18-19H,1-6H3. The second kappa shape index (κ2) is 6.27. The Labute approximate surface area is 127 Å². The maximum atomic E-state index is 5.62. The van der Waals surface area contributed by atoms with E-state index in [9.17, 15) is 0 Å². The molecule has 0 saturated carbocycles. The van der Waals surface area contributed by atoms with Crippen LogP contribution in [0.2, 0.25) is 0 Å². The number of nitrogens with zero attached hydrogens (tertiary/aromatic N) is 1. The maximum Gasteiger partial charge on any atom is 0.124 e. The molecule has 1 heterocycles. The lowest BCUT2D eigenvalue weighted by Crippen LogP contribution is -2.20. The maximum absolute atomic E-state index is 5.62. The van der Waals surface area contributed by atoms with Crippen LogP contribution in [0.1, 0.15) is 39.7 Å². The SMILES string of the molecule is CNC(c1cc(C)nc(C)c1)c1c(C)cc(C)cc1OC. The second-order valence-electron chi connectivity index (χ2n) is 5.60. The van der Waals surface area contributed by atoms with Crippen LogP contribution in [0.25, 0.3) is 0 Å². The topological polar surface area (TPSA) is 34.2 Å². The summed E-state index contributed by atoms with van der Waals surface area (Å²) in [5, 5.41) is 3.42. The zero-order chi connectivity index (χ0) is 15.6. The van der Waals surface area contributed by atoms with Crippen LogP contribution in [0.4, 0.5) is 0 Å². The van der Waals surface area contributed by atoms with E-state index < -0.39 is 0 Å². The van der Waals surface area contributed by atoms with Crippen molar-refractivity contribution in [1.82, 2.24) is 10.3 Å². The molecule has 0 saturated heterocycles. The molecule has 0 spiro atoms. The first-order valence-corrected chi connectivity index (χ1v) is 7.24. The van der Waals surface area contributed by atoms with Crippen molar-refractivity contribution in [2.24, 2.45) is 0 Å². The largest absolute Gasteiger partial charge is 0.496 e. The molecule has 1 N–H and O–H groups in total. The summed E-state index contributed by atoms with van der Waals surface area (Å²) in [5.74, 6) is 0.930. The average Bonchev–Trinajstić information content (AvgIpc) is 2.40. The zero-order valence-corrected chi connectivity index (χ0v) is 13.7. The van der Waals surface area contributed by atoms with E-state index in [2.05, 4.69) is 48.4 Å². The molecule has 0 aliphatic carbocycles. The molecule has 112 valence electrons. The Bertz CT molecular complexity index is 630. The van der Waals surface area contributed by atoms with Gasteiger partial charge in [0.25, 0.3) is 0 Å². The molecule has 1 atom stereocenters. The molecule has 1 aromatic heterocycles. The molecular weight excluding hydrogens is 260 g/mol. The van der Waals surface area contributed by atoms with Crippen molar-refractivity contribution in [2.45, 2.75) is 33.7 Å². The van der Waals surface area contributed by atoms with Gasteiger partial charge in [-0.05, 0) is 69.6 Å². The molecule has 2 rings (SSSR count). The Hall–Kier alpha value is -1.87. The van der Waals surface area contributed by atoms with Gasteiger partial charge < -0.3 is 10.1 Å². The normalized spacial score (nSPS) is 12.3. The number of benzene rings is 1. The number of ether oxygens (including phenoxy) is 1. The third-order valence-corrected chi connectivity index (χ3v) is 3.73. The van der Waals surface area contributed by atoms with Crippen molar-refractivity contribution < 1.29 is 4.74 Å². The molecular formula is C18H24N2O. The van der Waals surface area contributed by atoms with Crippen LogP contribution in [0, 0.1) is 27.7 Å². The quantitative estimate of drug-likeness (QED) is 0.931. The monoisotopic (exact) mass is 284 g/mol. The van der Waals surface area contributed by atoms with Gasteiger partial charge in [-0.3, -0.25) is 4.98 Å². The van der Waals surface area contributed by atoms with E-state index in [0.29, 0.717) is 0 Å². The predicted octanol–water partition coefficient (Wildman–Crippen LogP) is 3.63. The van der Waals surface area contributed by atoms with E-state index in [1.807, 2.05) is 20.9 Å². The Morgan fingerprint density at radius 3 is 2.14 bits per heavy atom. The number of aryl methyl sites for hydroxylation is 4. The number of hydrogen-bond acceptors (Lipinski definition) is 3. The lowest BCUT2D eigenvalue weighted by atomic mass is 9.92. The zero-order valence-electron chi connectivity index (χ0n) is 13.7. The number of rotatable bonds is 4. The van der Waals surface area contributed by atoms with Crippen molar-refractivity contribution >= 4 is 0 Å². The summed E-state index contributed by atoms with van der Waals surface area (Å²) in [6.45, 7) is 8.29. The fraction of sp³-hybridized carbons (Fsp3) is 0.389. The summed E-state index contributed by atoms with van der Waals surface area (Å²) < 4.78 is 5.62. The number of aromatic nitrogens is 1. The molecule has 1 aromatic carbocycles. The van der Waals surface area contributed by atoms with E-state index in [1.165, 1.54) is 22.3 Å². The minimum Gasteiger partial charge on any atom is -0.496 e. The van der Waals surface area contributed by atoms with Gasteiger partial charge in [0.15, 0.2) is 0 Å². The first-order valence-electron chi connectivity index (χ1n) is 7.24. The fourth-order valence-corrected chi connectivity index (χ4v) is 2.99. The van der Waals surface area contributed by atoms with Gasteiger partial charge in [0, 0.05) is 17.0 Å². The molecule has 0 fully saturated rings. The van der Waals surface area contributed by atoms with Crippen LogP contribution < -0.4 is 10.1 Å². The van der Waals surface area contributed by atoms with Crippen LogP contribution in [0.15, 0.2) is 24.3 Å². The third-order valence-electron chi connectivity index (χ3n) is 3.73. The number of pyridine rings is 1. The lowest BCUT2D eigenvalue weighted by molar-refractivity contribution is 0.404. The Morgan fingerprint density at radius 1 is 1.00 bits per heavy atom. The van der Waals surface area contributed by atoms with E-state index >= 15 is 0 Å². The average molecular weight is 284 g/mol. The minimum absolute atomic E-state index is 0.0981. The molecule has 0 bridgehead atoms. The van der Waals surface area contributed by atoms with Crippen molar-refractivity contribution in [3.63, 3.8) is 0 Å². The summed E-state index contributed by atoms with van der Waals surface area (Å²) in [7, 11) is 3.71. The number of hydrogen-bond donors (Lipinski definition) is 1. The van der Waals surface area contributed by atoms with Crippen molar-refractivity contribution in [1.29, 1.82) is 0 Å². The summed E-state index contributed by atoms with van der Waals surface area (Å²) in [5.41, 5.74) is 6.93. The highest BCUT2D eigenvalue weighted by Gasteiger charge is 2.20. The second-order valence-corrected chi connectivity index (χ2v) is 5.60. The molecule has 3 heteroatoms. The smallest absolute Gasteiger partial charge is 0.124 e. The van der Waals surface area contributed by atoms with Crippen molar-refractivity contribution in [2.75, 3.05) is 14.2 Å². The molecule has 1 unspecified atom stereocenters. The Morgan fingerprint density at radius 2 is 1.62 bits per heavy atom. The fourth-order valence-electron chi connectivity index (χ4n) is 2.99. The van der Waals surface area contributed by atoms with Crippen LogP contribution in [0.3, 0.4) is 0 Å². The van der Waals surface area contributed by atoms with Gasteiger partial charge in [0.05, 0.1) is 13.2 Å². The number of nitrogens with one attached hydrogen (secondary N) is 1. The molecule has 0 amide bonds. The van der Waals surface area contributed by atoms with Crippen LogP contribution in [-0.4, -0.2) is 19.1 Å². The molecule has 0 aliphatic rings. The van der Waals surface area contributed by atoms with E-state index in [0.717, 1.165) is 17.1 Å². The summed E-state index contributed by atoms with van der Waals surface area (Å²) >= 11 is 0. The van der Waals surface area contributed by atoms with Gasteiger partial charge in [-0.2, -0.15) is 0 Å². The molecule has 3 nitrogen and oxygen atoms in total. The molecule has 0 aliphatic heterocycles. The first-order chi connectivity index (χ1) is 9.96. The Kier molecular flexibility index (Phi) is 4.63. The van der Waals surface area contributed by atoms with Crippen LogP contribution >= 0.6 is 0 Å². The Balaban J connectivity index is 2.61. The van der Waals surface area contributed by atoms with E-state index in [1.54, 1.807) is 7.11 Å². The van der Waals surface area contributed by atoms with Gasteiger partial charge in [-0.15, -0.1) is 0 Å². The molecule has 0 radical (unpaired) electrons. The summed E-state index contributed by atoms with van der Waals surface area (Å²) in [4.78, 5) is 4.46. The highest BCUT2D eigenvalue weighted by atomic mass is 16.5. The third kappa shape index (κ3) is 3.24. The summed E-state index contributed by atoms with van der Waals surface area (Å²) in [6, 6.07) is 8.65. The van der Waals surface area contributed by atoms with Crippen LogP contribution in [-0.2, 0) is 0 Å². The van der Waals surface area contributed by atoms with Crippen molar-refractivity contribution in [3.05, 3.63) is 57.9 Å². The number of methoxy groups -OCH3 is 1. The van der Waals surface area contributed by atoms with Crippen molar-refractivity contribution in [3.8, 4) is 5.75 Å². The molecule has 21 heavy (non-hydrogen) atoms. The van der Waals surface area contributed by atoms with Gasteiger partial charge in [0.2, 0.25) is 0 Å². The van der Waals surface area contributed by atoms with E-state index in [-0.39, 0.29) is 6.04 Å². The molecule has 2 aromatic rings. The summed E-state index contributed by atoms with van der Waals surface area (Å²) in [6.07, 6.45) is 0. The predicted molar refractivity (Wildman–Crippen MR) is 87.1 cm³/mol. The highest BCUT2D eigenvalue weighted by Crippen LogP contribution is 2.34. The first kappa shape index (κ1) is 15.5. The lowest BCUT2D eigenvalue weighted by Gasteiger charge is -2.23. The van der Waals surface area contributed by atoms with Gasteiger partial charge in [0.1, 0.15) is 5.75 Å². The minimum atomic E-state index is 0.0981. The van der Waals surface area contributed by atoms with Crippen LogP contribution in [0.5, 0.6) is 5.75 Å². The van der Waals surface area contributed by atoms with Gasteiger partial charge in [-0.25, -0.2) is 0 Å². The van der Waals surface area contributed by atoms with Gasteiger partial charge >= 0.3 is 0 Å². The highest BCUT2D eigenvalue weighted by molar-refractivity contribution is 5.49. The van der Waals surface area contributed by atoms with E-state index in [4.69, 9.17) is 4.74 Å². The van der Waals surface area contributed by atoms with Gasteiger partial charge in [-0.1, -0.05) is 6.07 Å².